The second-order valence-electron chi connectivity index (χ2n) is 2.18. The molecule has 0 saturated heterocycles. The van der Waals surface area contributed by atoms with Gasteiger partial charge in [0.15, 0.2) is 0 Å². The number of hydrogen-bond donors (Lipinski definition) is 0. The number of rotatable bonds is 1. The first kappa shape index (κ1) is 10.3. The monoisotopic (exact) mass is 255 g/mol. The lowest BCUT2D eigenvalue weighted by Gasteiger charge is -2.07. The standard InChI is InChI=1S/C7H5BrF3NO/c8-6-3-1-2-5(4-12-6)13-7(9,10)11/h2-4H,1H2. The molecule has 0 aliphatic carbocycles. The lowest BCUT2D eigenvalue weighted by atomic mass is 10.3. The van der Waals surface area contributed by atoms with Gasteiger partial charge in [-0.15, -0.1) is 13.2 Å². The largest absolute Gasteiger partial charge is 0.573 e. The molecule has 0 aromatic carbocycles. The van der Waals surface area contributed by atoms with Crippen molar-refractivity contribution in [2.24, 2.45) is 4.99 Å². The van der Waals surface area contributed by atoms with E-state index in [1.807, 2.05) is 0 Å². The van der Waals surface area contributed by atoms with E-state index in [1.54, 1.807) is 6.08 Å². The van der Waals surface area contributed by atoms with E-state index in [-0.39, 0.29) is 5.76 Å². The second kappa shape index (κ2) is 3.95. The van der Waals surface area contributed by atoms with Crippen molar-refractivity contribution < 1.29 is 17.9 Å². The summed E-state index contributed by atoms with van der Waals surface area (Å²) in [4.78, 5) is 3.65. The van der Waals surface area contributed by atoms with Crippen molar-refractivity contribution in [2.75, 3.05) is 0 Å². The molecule has 0 radical (unpaired) electrons. The van der Waals surface area contributed by atoms with Gasteiger partial charge in [0.2, 0.25) is 0 Å². The molecular formula is C7H5BrF3NO. The van der Waals surface area contributed by atoms with Crippen LogP contribution in [0.1, 0.15) is 6.42 Å². The molecule has 0 aromatic rings. The molecule has 0 spiro atoms. The van der Waals surface area contributed by atoms with E-state index in [2.05, 4.69) is 25.7 Å². The Morgan fingerprint density at radius 1 is 1.38 bits per heavy atom. The summed E-state index contributed by atoms with van der Waals surface area (Å²) in [5, 5.41) is 0. The third-order valence-corrected chi connectivity index (χ3v) is 1.68. The first-order valence-corrected chi connectivity index (χ1v) is 4.12. The van der Waals surface area contributed by atoms with Crippen molar-refractivity contribution in [3.8, 4) is 0 Å². The topological polar surface area (TPSA) is 21.6 Å². The van der Waals surface area contributed by atoms with Crippen LogP contribution in [-0.4, -0.2) is 12.6 Å². The lowest BCUT2D eigenvalue weighted by Crippen LogP contribution is -2.13. The summed E-state index contributed by atoms with van der Waals surface area (Å²) in [5.74, 6) is -0.293. The van der Waals surface area contributed by atoms with Crippen LogP contribution in [0.2, 0.25) is 0 Å². The Hall–Kier alpha value is -0.780. The Labute approximate surface area is 80.9 Å². The van der Waals surface area contributed by atoms with Crippen LogP contribution in [-0.2, 0) is 4.74 Å². The summed E-state index contributed by atoms with van der Waals surface area (Å²) in [7, 11) is 0. The second-order valence-corrected chi connectivity index (χ2v) is 2.99. The number of halogens is 4. The number of nitrogens with zero attached hydrogens (tertiary/aromatic N) is 1. The van der Waals surface area contributed by atoms with Gasteiger partial charge in [0.1, 0.15) is 10.4 Å². The van der Waals surface area contributed by atoms with Gasteiger partial charge in [-0.25, -0.2) is 4.99 Å². The van der Waals surface area contributed by atoms with Gasteiger partial charge in [0.05, 0.1) is 6.21 Å². The van der Waals surface area contributed by atoms with Crippen molar-refractivity contribution in [3.05, 3.63) is 22.5 Å². The summed E-state index contributed by atoms with van der Waals surface area (Å²) >= 11 is 3.04. The van der Waals surface area contributed by atoms with Crippen LogP contribution in [0.15, 0.2) is 27.5 Å². The zero-order valence-corrected chi connectivity index (χ0v) is 7.89. The molecule has 0 fully saturated rings. The van der Waals surface area contributed by atoms with Crippen LogP contribution >= 0.6 is 15.9 Å². The van der Waals surface area contributed by atoms with Gasteiger partial charge in [0, 0.05) is 0 Å². The quantitative estimate of drug-likeness (QED) is 0.660. The van der Waals surface area contributed by atoms with E-state index in [4.69, 9.17) is 0 Å². The molecule has 2 nitrogen and oxygen atoms in total. The molecule has 13 heavy (non-hydrogen) atoms. The Bertz CT molecular complexity index is 280. The number of allylic oxidation sites excluding steroid dienone is 3. The Morgan fingerprint density at radius 3 is 2.69 bits per heavy atom. The Balaban J connectivity index is 2.64. The van der Waals surface area contributed by atoms with Crippen LogP contribution in [0, 0.1) is 0 Å². The van der Waals surface area contributed by atoms with Gasteiger partial charge in [-0.3, -0.25) is 0 Å². The fourth-order valence-electron chi connectivity index (χ4n) is 0.705. The van der Waals surface area contributed by atoms with E-state index < -0.39 is 6.36 Å². The molecule has 1 aliphatic rings. The maximum absolute atomic E-state index is 11.7. The van der Waals surface area contributed by atoms with Crippen LogP contribution in [0.5, 0.6) is 0 Å². The van der Waals surface area contributed by atoms with Crippen LogP contribution in [0.4, 0.5) is 13.2 Å². The zero-order chi connectivity index (χ0) is 9.90. The highest BCUT2D eigenvalue weighted by Gasteiger charge is 2.31. The first-order chi connectivity index (χ1) is 5.97. The maximum atomic E-state index is 11.7. The minimum atomic E-state index is -4.66. The number of alkyl halides is 3. The SMILES string of the molecule is FC(F)(F)OC1=CCC=C(Br)N=C1. The van der Waals surface area contributed by atoms with Crippen LogP contribution < -0.4 is 0 Å². The maximum Gasteiger partial charge on any atom is 0.573 e. The highest BCUT2D eigenvalue weighted by Crippen LogP contribution is 2.22. The average Bonchev–Trinajstić information content (AvgIpc) is 2.12. The van der Waals surface area contributed by atoms with Crippen molar-refractivity contribution in [1.29, 1.82) is 0 Å². The van der Waals surface area contributed by atoms with Crippen LogP contribution in [0.25, 0.3) is 0 Å². The average molecular weight is 256 g/mol. The zero-order valence-electron chi connectivity index (χ0n) is 6.31. The molecule has 6 heteroatoms. The summed E-state index contributed by atoms with van der Waals surface area (Å²) < 4.78 is 39.3. The van der Waals surface area contributed by atoms with Crippen LogP contribution in [0.3, 0.4) is 0 Å². The summed E-state index contributed by atoms with van der Waals surface area (Å²) in [6.45, 7) is 0. The minimum Gasteiger partial charge on any atom is -0.404 e. The molecule has 0 saturated carbocycles. The normalized spacial score (nSPS) is 17.5. The van der Waals surface area contributed by atoms with Gasteiger partial charge in [0.25, 0.3) is 0 Å². The van der Waals surface area contributed by atoms with Gasteiger partial charge in [-0.05, 0) is 34.5 Å². The van der Waals surface area contributed by atoms with Crippen molar-refractivity contribution in [1.82, 2.24) is 0 Å². The highest BCUT2D eigenvalue weighted by atomic mass is 79.9. The van der Waals surface area contributed by atoms with Gasteiger partial charge >= 0.3 is 6.36 Å². The smallest absolute Gasteiger partial charge is 0.404 e. The molecule has 0 aromatic heterocycles. The van der Waals surface area contributed by atoms with E-state index in [0.717, 1.165) is 6.21 Å². The summed E-state index contributed by atoms with van der Waals surface area (Å²) in [6.07, 6.45) is -0.365. The van der Waals surface area contributed by atoms with Crippen molar-refractivity contribution in [2.45, 2.75) is 12.8 Å². The summed E-state index contributed by atoms with van der Waals surface area (Å²) in [6, 6.07) is 0. The van der Waals surface area contributed by atoms with E-state index in [0.29, 0.717) is 11.0 Å². The molecular weight excluding hydrogens is 251 g/mol. The molecule has 1 rings (SSSR count). The van der Waals surface area contributed by atoms with E-state index in [9.17, 15) is 13.2 Å². The molecule has 0 amide bonds. The van der Waals surface area contributed by atoms with Crippen molar-refractivity contribution >= 4 is 22.1 Å². The number of hydrogen-bond acceptors (Lipinski definition) is 2. The predicted molar refractivity (Wildman–Crippen MR) is 45.3 cm³/mol. The number of aliphatic imine (C=N–C) groups is 1. The molecule has 0 unspecified atom stereocenters. The third kappa shape index (κ3) is 4.12. The van der Waals surface area contributed by atoms with E-state index >= 15 is 0 Å². The Kier molecular flexibility index (Phi) is 3.13. The minimum absolute atomic E-state index is 0.293. The summed E-state index contributed by atoms with van der Waals surface area (Å²) in [5.41, 5.74) is 0. The molecule has 1 aliphatic heterocycles. The third-order valence-electron chi connectivity index (χ3n) is 1.15. The Morgan fingerprint density at radius 2 is 2.08 bits per heavy atom. The fourth-order valence-corrected chi connectivity index (χ4v) is 0.994. The predicted octanol–water partition coefficient (Wildman–Crippen LogP) is 3.12. The van der Waals surface area contributed by atoms with Gasteiger partial charge in [-0.2, -0.15) is 0 Å². The molecule has 0 N–H and O–H groups in total. The highest BCUT2D eigenvalue weighted by molar-refractivity contribution is 9.11. The first-order valence-electron chi connectivity index (χ1n) is 3.33. The molecule has 72 valence electrons. The molecule has 1 heterocycles. The van der Waals surface area contributed by atoms with Crippen molar-refractivity contribution in [3.63, 3.8) is 0 Å². The molecule has 0 bridgehead atoms. The number of ether oxygens (including phenoxy) is 1. The van der Waals surface area contributed by atoms with Gasteiger partial charge < -0.3 is 4.74 Å². The lowest BCUT2D eigenvalue weighted by molar-refractivity contribution is -0.301. The molecule has 0 atom stereocenters. The van der Waals surface area contributed by atoms with Gasteiger partial charge in [-0.1, -0.05) is 0 Å². The fraction of sp³-hybridized carbons (Fsp3) is 0.286. The van der Waals surface area contributed by atoms with E-state index in [1.165, 1.54) is 6.08 Å².